The Balaban J connectivity index is 0.914. The molecule has 4 aromatic heterocycles. The van der Waals surface area contributed by atoms with Gasteiger partial charge in [0.1, 0.15) is 5.75 Å². The first-order valence-corrected chi connectivity index (χ1v) is 27.5. The lowest BCUT2D eigenvalue weighted by atomic mass is 10.0. The molecule has 15 aromatic rings. The number of thiophene rings is 1. The number of benzene rings is 11. The van der Waals surface area contributed by atoms with Crippen molar-refractivity contribution < 1.29 is 9.84 Å². The molecular weight excluding hydrogens is 1000 g/mol. The predicted molar refractivity (Wildman–Crippen MR) is 330 cm³/mol. The average Bonchev–Trinajstić information content (AvgIpc) is 4.21. The second-order valence-corrected chi connectivity index (χ2v) is 21.2. The highest BCUT2D eigenvalue weighted by molar-refractivity contribution is 7.25. The van der Waals surface area contributed by atoms with Crippen LogP contribution in [0.15, 0.2) is 255 Å². The van der Waals surface area contributed by atoms with Crippen LogP contribution in [-0.4, -0.2) is 36.3 Å². The molecule has 15 rings (SSSR count). The summed E-state index contributed by atoms with van der Waals surface area (Å²) in [5, 5.41) is 16.9. The highest BCUT2D eigenvalue weighted by Crippen LogP contribution is 2.44. The normalized spacial score (nSPS) is 11.7. The van der Waals surface area contributed by atoms with E-state index in [9.17, 15) is 5.11 Å². The van der Waals surface area contributed by atoms with Crippen molar-refractivity contribution in [3.8, 4) is 62.4 Å². The summed E-state index contributed by atoms with van der Waals surface area (Å²) in [6.45, 7) is -0.0602. The molecule has 0 bridgehead atoms. The third-order valence-electron chi connectivity index (χ3n) is 15.5. The van der Waals surface area contributed by atoms with Crippen molar-refractivity contribution in [1.82, 2.24) is 24.1 Å². The number of nitrogens with zero attached hydrogens (tertiary/aromatic N) is 6. The molecule has 380 valence electrons. The van der Waals surface area contributed by atoms with Gasteiger partial charge in [-0.3, -0.25) is 4.57 Å². The van der Waals surface area contributed by atoms with E-state index < -0.39 is 0 Å². The van der Waals surface area contributed by atoms with E-state index in [-0.39, 0.29) is 6.61 Å². The van der Waals surface area contributed by atoms with Crippen molar-refractivity contribution in [2.24, 2.45) is 0 Å². The molecule has 0 unspecified atom stereocenters. The molecule has 1 N–H and O–H groups in total. The number of ether oxygens (including phenoxy) is 1. The van der Waals surface area contributed by atoms with Gasteiger partial charge in [-0.25, -0.2) is 4.98 Å². The molecule has 0 aliphatic rings. The molecule has 0 fully saturated rings. The van der Waals surface area contributed by atoms with Crippen LogP contribution in [0.2, 0.25) is 0 Å². The summed E-state index contributed by atoms with van der Waals surface area (Å²) >= 11 is 1.83. The Hall–Kier alpha value is -10.2. The minimum Gasteiger partial charge on any atom is -0.497 e. The lowest BCUT2D eigenvalue weighted by Gasteiger charge is -2.26. The van der Waals surface area contributed by atoms with Crippen LogP contribution >= 0.6 is 11.3 Å². The smallest absolute Gasteiger partial charge is 0.238 e. The lowest BCUT2D eigenvalue weighted by molar-refractivity contribution is 0.282. The van der Waals surface area contributed by atoms with Crippen LogP contribution in [0.1, 0.15) is 5.56 Å². The fourth-order valence-corrected chi connectivity index (χ4v) is 12.6. The van der Waals surface area contributed by atoms with Crippen LogP contribution in [0.25, 0.3) is 120 Å². The number of rotatable bonds is 11. The zero-order chi connectivity index (χ0) is 53.3. The third-order valence-corrected chi connectivity index (χ3v) is 16.6. The molecule has 0 amide bonds. The average molecular weight is 1050 g/mol. The highest BCUT2D eigenvalue weighted by atomic mass is 32.1. The first-order valence-electron chi connectivity index (χ1n) is 26.7. The fraction of sp³-hybridized carbons (Fsp3) is 0.0282. The van der Waals surface area contributed by atoms with Gasteiger partial charge < -0.3 is 19.3 Å². The van der Waals surface area contributed by atoms with Crippen molar-refractivity contribution in [2.45, 2.75) is 6.61 Å². The van der Waals surface area contributed by atoms with Crippen LogP contribution in [0.4, 0.5) is 17.1 Å². The van der Waals surface area contributed by atoms with E-state index in [1.54, 1.807) is 7.11 Å². The van der Waals surface area contributed by atoms with Gasteiger partial charge in [-0.1, -0.05) is 146 Å². The summed E-state index contributed by atoms with van der Waals surface area (Å²) in [6.07, 6.45) is 0. The summed E-state index contributed by atoms with van der Waals surface area (Å²) in [5.74, 6) is 2.27. The van der Waals surface area contributed by atoms with Gasteiger partial charge in [-0.05, 0) is 137 Å². The number of aliphatic hydroxyl groups excluding tert-OH is 1. The van der Waals surface area contributed by atoms with E-state index in [1.807, 2.05) is 59.9 Å². The molecule has 9 heteroatoms. The molecule has 0 spiro atoms. The summed E-state index contributed by atoms with van der Waals surface area (Å²) in [4.78, 5) is 18.1. The monoisotopic (exact) mass is 1050 g/mol. The Labute approximate surface area is 465 Å². The molecule has 80 heavy (non-hydrogen) atoms. The van der Waals surface area contributed by atoms with Gasteiger partial charge in [-0.15, -0.1) is 11.3 Å². The first kappa shape index (κ1) is 47.1. The van der Waals surface area contributed by atoms with Crippen molar-refractivity contribution in [2.75, 3.05) is 12.0 Å². The number of hydrogen-bond donors (Lipinski definition) is 1. The van der Waals surface area contributed by atoms with E-state index in [4.69, 9.17) is 19.7 Å². The van der Waals surface area contributed by atoms with Gasteiger partial charge in [0.05, 0.1) is 35.8 Å². The quantitative estimate of drug-likeness (QED) is 0.139. The standard InChI is InChI=1S/C71H48N6O2S/c1-79-56-36-28-50(29-37-56)70-72-69(49-22-20-45(44-78)21-23-49)73-71(74-70)77-64-39-30-51(40-60(64)62-43-65-61(42-66(62)77)57-16-8-10-18-63(57)76(65)52-14-6-3-7-15-52)48-26-33-54(34-27-48)75(53-31-24-47(25-32-53)46-12-4-2-5-13-46)55-35-38-59-58-17-9-11-19-67(58)80-68(59)41-55/h2-43,78H,44H2,1H3. The van der Waals surface area contributed by atoms with Gasteiger partial charge >= 0.3 is 0 Å². The minimum absolute atomic E-state index is 0.0602. The molecule has 4 heterocycles. The number of anilines is 3. The van der Waals surface area contributed by atoms with E-state index >= 15 is 0 Å². The summed E-state index contributed by atoms with van der Waals surface area (Å²) in [7, 11) is 1.66. The van der Waals surface area contributed by atoms with Crippen LogP contribution in [-0.2, 0) is 6.61 Å². The van der Waals surface area contributed by atoms with Gasteiger partial charge in [0, 0.05) is 75.6 Å². The van der Waals surface area contributed by atoms with Crippen LogP contribution < -0.4 is 9.64 Å². The van der Waals surface area contributed by atoms with E-state index in [0.717, 1.165) is 99.9 Å². The topological polar surface area (TPSA) is 81.2 Å². The second-order valence-electron chi connectivity index (χ2n) is 20.1. The SMILES string of the molecule is COc1ccc(-c2nc(-c3ccc(CO)cc3)nc(-n3c4ccc(-c5ccc(N(c6ccc(-c7ccccc7)cc6)c6ccc7c(c6)sc6ccccc67)cc5)cc4c4cc5c(cc43)c3ccccc3n5-c3ccccc3)n2)cc1. The molecule has 0 aliphatic carbocycles. The van der Waals surface area contributed by atoms with Gasteiger partial charge in [0.2, 0.25) is 5.95 Å². The molecule has 11 aromatic carbocycles. The maximum absolute atomic E-state index is 9.95. The molecular formula is C71H48N6O2S. The maximum atomic E-state index is 9.95. The van der Waals surface area contributed by atoms with Crippen molar-refractivity contribution in [3.63, 3.8) is 0 Å². The predicted octanol–water partition coefficient (Wildman–Crippen LogP) is 18.1. The number of fused-ring (bicyclic) bond motifs is 9. The molecule has 0 aliphatic heterocycles. The minimum atomic E-state index is -0.0602. The van der Waals surface area contributed by atoms with Gasteiger partial charge in [0.25, 0.3) is 0 Å². The van der Waals surface area contributed by atoms with Crippen molar-refractivity contribution >= 4 is 92.2 Å². The summed E-state index contributed by atoms with van der Waals surface area (Å²) in [6, 6.07) is 90.1. The third kappa shape index (κ3) is 8.06. The Bertz CT molecular complexity index is 4760. The van der Waals surface area contributed by atoms with Crippen molar-refractivity contribution in [3.05, 3.63) is 260 Å². The molecule has 8 nitrogen and oxygen atoms in total. The van der Waals surface area contributed by atoms with E-state index in [0.29, 0.717) is 17.6 Å². The molecule has 0 saturated carbocycles. The molecule has 0 radical (unpaired) electrons. The number of methoxy groups -OCH3 is 1. The maximum Gasteiger partial charge on any atom is 0.238 e. The fourth-order valence-electron chi connectivity index (χ4n) is 11.5. The van der Waals surface area contributed by atoms with E-state index in [2.05, 4.69) is 220 Å². The van der Waals surface area contributed by atoms with Crippen molar-refractivity contribution in [1.29, 1.82) is 0 Å². The first-order chi connectivity index (χ1) is 39.5. The second kappa shape index (κ2) is 19.4. The Morgan fingerprint density at radius 3 is 1.59 bits per heavy atom. The zero-order valence-corrected chi connectivity index (χ0v) is 44.2. The Morgan fingerprint density at radius 2 is 0.900 bits per heavy atom. The number of aromatic nitrogens is 5. The Kier molecular flexibility index (Phi) is 11.4. The zero-order valence-electron chi connectivity index (χ0n) is 43.4. The van der Waals surface area contributed by atoms with Crippen LogP contribution in [0.5, 0.6) is 5.75 Å². The van der Waals surface area contributed by atoms with Crippen LogP contribution in [0, 0.1) is 0 Å². The lowest BCUT2D eigenvalue weighted by Crippen LogP contribution is -2.09. The number of hydrogen-bond acceptors (Lipinski definition) is 7. The largest absolute Gasteiger partial charge is 0.497 e. The van der Waals surface area contributed by atoms with Gasteiger partial charge in [-0.2, -0.15) is 9.97 Å². The summed E-state index contributed by atoms with van der Waals surface area (Å²) in [5.41, 5.74) is 15.4. The van der Waals surface area contributed by atoms with Crippen LogP contribution in [0.3, 0.4) is 0 Å². The number of aliphatic hydroxyl groups is 1. The molecule has 0 atom stereocenters. The van der Waals surface area contributed by atoms with E-state index in [1.165, 1.54) is 31.3 Å². The number of para-hydroxylation sites is 2. The Morgan fingerprint density at radius 1 is 0.388 bits per heavy atom. The van der Waals surface area contributed by atoms with Gasteiger partial charge in [0.15, 0.2) is 11.6 Å². The highest BCUT2D eigenvalue weighted by Gasteiger charge is 2.23. The molecule has 0 saturated heterocycles. The summed E-state index contributed by atoms with van der Waals surface area (Å²) < 4.78 is 12.6.